The van der Waals surface area contributed by atoms with Crippen LogP contribution in [0.25, 0.3) is 0 Å². The summed E-state index contributed by atoms with van der Waals surface area (Å²) in [6, 6.07) is 2.06. The standard InChI is InChI=1S/C9H13NOS/c1-6-2-3-12-9(6)8(11)7-4-10-5-7/h2-3,7-8,10-11H,4-5H2,1H3. The van der Waals surface area contributed by atoms with Crippen molar-refractivity contribution in [2.75, 3.05) is 13.1 Å². The Morgan fingerprint density at radius 3 is 2.83 bits per heavy atom. The van der Waals surface area contributed by atoms with Crippen molar-refractivity contribution >= 4 is 11.3 Å². The van der Waals surface area contributed by atoms with Gasteiger partial charge in [-0.2, -0.15) is 0 Å². The summed E-state index contributed by atoms with van der Waals surface area (Å²) in [7, 11) is 0. The number of rotatable bonds is 2. The maximum atomic E-state index is 9.88. The van der Waals surface area contributed by atoms with E-state index in [4.69, 9.17) is 0 Å². The molecule has 2 heterocycles. The number of thiophene rings is 1. The van der Waals surface area contributed by atoms with Gasteiger partial charge in [0.2, 0.25) is 0 Å². The van der Waals surface area contributed by atoms with Crippen molar-refractivity contribution in [3.05, 3.63) is 21.9 Å². The molecule has 3 heteroatoms. The highest BCUT2D eigenvalue weighted by Gasteiger charge is 2.27. The minimum atomic E-state index is -0.244. The molecule has 1 atom stereocenters. The predicted molar refractivity (Wildman–Crippen MR) is 50.4 cm³/mol. The van der Waals surface area contributed by atoms with Gasteiger partial charge in [-0.3, -0.25) is 0 Å². The molecular weight excluding hydrogens is 170 g/mol. The summed E-state index contributed by atoms with van der Waals surface area (Å²) in [5, 5.41) is 15.1. The second-order valence-electron chi connectivity index (χ2n) is 3.33. The predicted octanol–water partition coefficient (Wildman–Crippen LogP) is 1.31. The van der Waals surface area contributed by atoms with Crippen LogP contribution in [-0.2, 0) is 0 Å². The van der Waals surface area contributed by atoms with Crippen molar-refractivity contribution < 1.29 is 5.11 Å². The molecule has 2 nitrogen and oxygen atoms in total. The third kappa shape index (κ3) is 1.28. The highest BCUT2D eigenvalue weighted by Crippen LogP contribution is 2.30. The van der Waals surface area contributed by atoms with Crippen LogP contribution in [0.5, 0.6) is 0 Å². The molecule has 0 radical (unpaired) electrons. The molecule has 1 unspecified atom stereocenters. The second-order valence-corrected chi connectivity index (χ2v) is 4.28. The van der Waals surface area contributed by atoms with Crippen molar-refractivity contribution in [2.24, 2.45) is 5.92 Å². The highest BCUT2D eigenvalue weighted by molar-refractivity contribution is 7.10. The first-order chi connectivity index (χ1) is 5.79. The Morgan fingerprint density at radius 2 is 2.42 bits per heavy atom. The van der Waals surface area contributed by atoms with Gasteiger partial charge in [-0.1, -0.05) is 0 Å². The first-order valence-corrected chi connectivity index (χ1v) is 5.10. The van der Waals surface area contributed by atoms with Gasteiger partial charge in [0.25, 0.3) is 0 Å². The molecule has 0 saturated carbocycles. The zero-order valence-electron chi connectivity index (χ0n) is 7.08. The Bertz CT molecular complexity index is 267. The Hall–Kier alpha value is -0.380. The van der Waals surface area contributed by atoms with E-state index >= 15 is 0 Å². The molecule has 1 aromatic rings. The van der Waals surface area contributed by atoms with Crippen LogP contribution in [0, 0.1) is 12.8 Å². The summed E-state index contributed by atoms with van der Waals surface area (Å²) in [6.07, 6.45) is -0.244. The van der Waals surface area contributed by atoms with Crippen LogP contribution in [0.1, 0.15) is 16.5 Å². The van der Waals surface area contributed by atoms with Crippen molar-refractivity contribution in [3.8, 4) is 0 Å². The molecule has 2 rings (SSSR count). The average Bonchev–Trinajstić information content (AvgIpc) is 2.31. The van der Waals surface area contributed by atoms with Gasteiger partial charge in [0, 0.05) is 23.9 Å². The quantitative estimate of drug-likeness (QED) is 0.724. The maximum absolute atomic E-state index is 9.88. The van der Waals surface area contributed by atoms with E-state index in [0.29, 0.717) is 5.92 Å². The highest BCUT2D eigenvalue weighted by atomic mass is 32.1. The van der Waals surface area contributed by atoms with Crippen LogP contribution in [0.4, 0.5) is 0 Å². The number of nitrogens with one attached hydrogen (secondary N) is 1. The lowest BCUT2D eigenvalue weighted by molar-refractivity contribution is 0.0792. The van der Waals surface area contributed by atoms with Crippen LogP contribution >= 0.6 is 11.3 Å². The number of aryl methyl sites for hydroxylation is 1. The SMILES string of the molecule is Cc1ccsc1C(O)C1CNC1. The van der Waals surface area contributed by atoms with E-state index in [2.05, 4.69) is 18.3 Å². The second kappa shape index (κ2) is 3.17. The molecule has 1 aromatic heterocycles. The van der Waals surface area contributed by atoms with Crippen LogP contribution < -0.4 is 5.32 Å². The third-order valence-electron chi connectivity index (χ3n) is 2.43. The van der Waals surface area contributed by atoms with Gasteiger partial charge >= 0.3 is 0 Å². The van der Waals surface area contributed by atoms with Crippen LogP contribution in [-0.4, -0.2) is 18.2 Å². The molecule has 0 amide bonds. The lowest BCUT2D eigenvalue weighted by Gasteiger charge is -2.31. The third-order valence-corrected chi connectivity index (χ3v) is 3.52. The molecule has 1 aliphatic heterocycles. The minimum Gasteiger partial charge on any atom is -0.387 e. The molecule has 0 spiro atoms. The lowest BCUT2D eigenvalue weighted by atomic mass is 9.94. The van der Waals surface area contributed by atoms with Crippen LogP contribution in [0.3, 0.4) is 0 Å². The number of aliphatic hydroxyl groups excluding tert-OH is 1. The Kier molecular flexibility index (Phi) is 2.17. The molecule has 1 aliphatic rings. The van der Waals surface area contributed by atoms with E-state index in [0.717, 1.165) is 18.0 Å². The smallest absolute Gasteiger partial charge is 0.0936 e. The molecule has 2 N–H and O–H groups in total. The monoisotopic (exact) mass is 183 g/mol. The molecule has 1 saturated heterocycles. The normalized spacial score (nSPS) is 20.5. The topological polar surface area (TPSA) is 32.3 Å². The fourth-order valence-corrected chi connectivity index (χ4v) is 2.44. The van der Waals surface area contributed by atoms with E-state index in [1.807, 2.05) is 5.38 Å². The van der Waals surface area contributed by atoms with Crippen LogP contribution in [0.15, 0.2) is 11.4 Å². The fraction of sp³-hybridized carbons (Fsp3) is 0.556. The zero-order valence-corrected chi connectivity index (χ0v) is 7.90. The molecule has 12 heavy (non-hydrogen) atoms. The zero-order chi connectivity index (χ0) is 8.55. The van der Waals surface area contributed by atoms with E-state index < -0.39 is 0 Å². The molecular formula is C9H13NOS. The van der Waals surface area contributed by atoms with Crippen molar-refractivity contribution in [3.63, 3.8) is 0 Å². The number of hydrogen-bond donors (Lipinski definition) is 2. The summed E-state index contributed by atoms with van der Waals surface area (Å²) in [5.74, 6) is 0.433. The summed E-state index contributed by atoms with van der Waals surface area (Å²) in [6.45, 7) is 3.97. The largest absolute Gasteiger partial charge is 0.387 e. The first kappa shape index (κ1) is 8.23. The average molecular weight is 183 g/mol. The first-order valence-electron chi connectivity index (χ1n) is 4.22. The minimum absolute atomic E-state index is 0.244. The Labute approximate surface area is 76.2 Å². The van der Waals surface area contributed by atoms with E-state index in [1.54, 1.807) is 11.3 Å². The van der Waals surface area contributed by atoms with Gasteiger partial charge in [0.1, 0.15) is 0 Å². The Balaban J connectivity index is 2.13. The van der Waals surface area contributed by atoms with Gasteiger partial charge in [0.15, 0.2) is 0 Å². The van der Waals surface area contributed by atoms with Crippen molar-refractivity contribution in [2.45, 2.75) is 13.0 Å². The van der Waals surface area contributed by atoms with Gasteiger partial charge < -0.3 is 10.4 Å². The van der Waals surface area contributed by atoms with Gasteiger partial charge in [0.05, 0.1) is 6.10 Å². The maximum Gasteiger partial charge on any atom is 0.0936 e. The summed E-state index contributed by atoms with van der Waals surface area (Å²) in [4.78, 5) is 1.14. The van der Waals surface area contributed by atoms with E-state index in [1.165, 1.54) is 5.56 Å². The van der Waals surface area contributed by atoms with Crippen molar-refractivity contribution in [1.82, 2.24) is 5.32 Å². The number of aliphatic hydroxyl groups is 1. The summed E-state index contributed by atoms with van der Waals surface area (Å²) < 4.78 is 0. The van der Waals surface area contributed by atoms with Gasteiger partial charge in [-0.05, 0) is 23.9 Å². The fourth-order valence-electron chi connectivity index (χ4n) is 1.44. The molecule has 1 fully saturated rings. The summed E-state index contributed by atoms with van der Waals surface area (Å²) >= 11 is 1.66. The molecule has 0 bridgehead atoms. The van der Waals surface area contributed by atoms with E-state index in [9.17, 15) is 5.11 Å². The van der Waals surface area contributed by atoms with Gasteiger partial charge in [-0.15, -0.1) is 11.3 Å². The van der Waals surface area contributed by atoms with Gasteiger partial charge in [-0.25, -0.2) is 0 Å². The van der Waals surface area contributed by atoms with E-state index in [-0.39, 0.29) is 6.10 Å². The lowest BCUT2D eigenvalue weighted by Crippen LogP contribution is -2.45. The number of hydrogen-bond acceptors (Lipinski definition) is 3. The van der Waals surface area contributed by atoms with Crippen LogP contribution in [0.2, 0.25) is 0 Å². The molecule has 0 aromatic carbocycles. The molecule has 0 aliphatic carbocycles. The van der Waals surface area contributed by atoms with Crippen molar-refractivity contribution in [1.29, 1.82) is 0 Å². The summed E-state index contributed by atoms with van der Waals surface area (Å²) in [5.41, 5.74) is 1.22. The Morgan fingerprint density at radius 1 is 1.67 bits per heavy atom. The molecule has 66 valence electrons.